The van der Waals surface area contributed by atoms with E-state index in [1.807, 2.05) is 0 Å². The summed E-state index contributed by atoms with van der Waals surface area (Å²) in [5.41, 5.74) is 1.24. The van der Waals surface area contributed by atoms with Crippen molar-refractivity contribution in [3.05, 3.63) is 64.8 Å². The zero-order chi connectivity index (χ0) is 23.4. The van der Waals surface area contributed by atoms with E-state index in [1.165, 1.54) is 46.1 Å². The van der Waals surface area contributed by atoms with E-state index in [-0.39, 0.29) is 22.0 Å². The predicted octanol–water partition coefficient (Wildman–Crippen LogP) is 2.37. The number of amides is 2. The number of sulfonamides is 1. The Bertz CT molecular complexity index is 1270. The lowest BCUT2D eigenvalue weighted by atomic mass is 10.2. The minimum Gasteiger partial charge on any atom is -0.379 e. The molecule has 2 N–H and O–H groups in total. The van der Waals surface area contributed by atoms with Crippen molar-refractivity contribution in [3.8, 4) is 0 Å². The van der Waals surface area contributed by atoms with E-state index >= 15 is 0 Å². The minimum atomic E-state index is -3.65. The first kappa shape index (κ1) is 23.0. The largest absolute Gasteiger partial charge is 0.379 e. The number of ether oxygens (including phenoxy) is 1. The topological polar surface area (TPSA) is 131 Å². The number of morpholine rings is 1. The number of aromatic nitrogens is 2. The van der Waals surface area contributed by atoms with Crippen LogP contribution < -0.4 is 10.6 Å². The average Bonchev–Trinajstić information content (AvgIpc) is 3.28. The average molecular weight is 488 g/mol. The van der Waals surface area contributed by atoms with Crippen LogP contribution in [-0.4, -0.2) is 60.8 Å². The Hall–Kier alpha value is -3.19. The maximum Gasteiger partial charge on any atom is 0.261 e. The Morgan fingerprint density at radius 2 is 1.76 bits per heavy atom. The summed E-state index contributed by atoms with van der Waals surface area (Å²) in [5.74, 6) is -0.752. The summed E-state index contributed by atoms with van der Waals surface area (Å²) in [6, 6.07) is 8.98. The van der Waals surface area contributed by atoms with Crippen LogP contribution in [-0.2, 0) is 14.8 Å². The van der Waals surface area contributed by atoms with E-state index in [9.17, 15) is 18.0 Å². The summed E-state index contributed by atoms with van der Waals surface area (Å²) in [4.78, 5) is 33.6. The van der Waals surface area contributed by atoms with E-state index in [1.54, 1.807) is 24.4 Å². The minimum absolute atomic E-state index is 0.107. The number of hydrogen-bond acceptors (Lipinski definition) is 8. The number of anilines is 2. The zero-order valence-electron chi connectivity index (χ0n) is 17.6. The number of nitrogens with one attached hydrogen (secondary N) is 2. The van der Waals surface area contributed by atoms with E-state index in [2.05, 4.69) is 20.6 Å². The van der Waals surface area contributed by atoms with Crippen LogP contribution in [0.5, 0.6) is 0 Å². The van der Waals surface area contributed by atoms with Crippen LogP contribution in [0, 0.1) is 6.92 Å². The molecule has 0 unspecified atom stereocenters. The quantitative estimate of drug-likeness (QED) is 0.546. The second-order valence-electron chi connectivity index (χ2n) is 7.13. The van der Waals surface area contributed by atoms with Gasteiger partial charge in [-0.2, -0.15) is 4.31 Å². The van der Waals surface area contributed by atoms with Gasteiger partial charge < -0.3 is 10.1 Å². The Balaban J connectivity index is 1.45. The van der Waals surface area contributed by atoms with Crippen LogP contribution in [0.3, 0.4) is 0 Å². The third kappa shape index (κ3) is 5.25. The zero-order valence-corrected chi connectivity index (χ0v) is 19.3. The van der Waals surface area contributed by atoms with Crippen LogP contribution in [0.4, 0.5) is 10.9 Å². The van der Waals surface area contributed by atoms with Gasteiger partial charge >= 0.3 is 0 Å². The highest BCUT2D eigenvalue weighted by atomic mass is 32.2. The molecule has 2 amide bonds. The normalized spacial score (nSPS) is 14.6. The Labute approximate surface area is 194 Å². The smallest absolute Gasteiger partial charge is 0.261 e. The van der Waals surface area contributed by atoms with Gasteiger partial charge in [0, 0.05) is 30.5 Å². The first-order valence-corrected chi connectivity index (χ1v) is 12.3. The lowest BCUT2D eigenvalue weighted by Gasteiger charge is -2.26. The van der Waals surface area contributed by atoms with Crippen molar-refractivity contribution in [3.63, 3.8) is 0 Å². The van der Waals surface area contributed by atoms with Crippen LogP contribution in [0.1, 0.15) is 26.4 Å². The molecule has 0 atom stereocenters. The molecule has 2 aromatic heterocycles. The molecule has 12 heteroatoms. The van der Waals surface area contributed by atoms with Crippen LogP contribution >= 0.6 is 11.3 Å². The van der Waals surface area contributed by atoms with Crippen molar-refractivity contribution < 1.29 is 22.7 Å². The van der Waals surface area contributed by atoms with Crippen LogP contribution in [0.2, 0.25) is 0 Å². The SMILES string of the molecule is Cc1ccnc(NC(=O)c2ccsc2NC(=O)c2ccc(S(=O)(=O)N3CCOCC3)cc2)n1. The molecule has 0 spiro atoms. The summed E-state index contributed by atoms with van der Waals surface area (Å²) in [5, 5.41) is 7.35. The molecular weight excluding hydrogens is 466 g/mol. The first-order chi connectivity index (χ1) is 15.8. The van der Waals surface area contributed by atoms with Gasteiger partial charge in [0.1, 0.15) is 5.00 Å². The number of aryl methyl sites for hydroxylation is 1. The molecule has 1 aliphatic heterocycles. The van der Waals surface area contributed by atoms with Gasteiger partial charge in [-0.25, -0.2) is 18.4 Å². The summed E-state index contributed by atoms with van der Waals surface area (Å²) >= 11 is 1.19. The lowest BCUT2D eigenvalue weighted by Crippen LogP contribution is -2.40. The Morgan fingerprint density at radius 1 is 1.03 bits per heavy atom. The summed E-state index contributed by atoms with van der Waals surface area (Å²) < 4.78 is 32.0. The van der Waals surface area contributed by atoms with Crippen molar-refractivity contribution in [2.24, 2.45) is 0 Å². The molecule has 0 aliphatic carbocycles. The molecule has 1 fully saturated rings. The van der Waals surface area contributed by atoms with Gasteiger partial charge in [-0.1, -0.05) is 0 Å². The summed E-state index contributed by atoms with van der Waals surface area (Å²) in [7, 11) is -3.65. The predicted molar refractivity (Wildman–Crippen MR) is 123 cm³/mol. The molecule has 1 saturated heterocycles. The Morgan fingerprint density at radius 3 is 2.45 bits per heavy atom. The third-order valence-corrected chi connectivity index (χ3v) is 7.62. The first-order valence-electron chi connectivity index (χ1n) is 10.0. The molecule has 172 valence electrons. The monoisotopic (exact) mass is 487 g/mol. The maximum atomic E-state index is 12.7. The molecule has 3 heterocycles. The fraction of sp³-hybridized carbons (Fsp3) is 0.238. The lowest BCUT2D eigenvalue weighted by molar-refractivity contribution is 0.0730. The van der Waals surface area contributed by atoms with E-state index in [4.69, 9.17) is 4.74 Å². The fourth-order valence-corrected chi connectivity index (χ4v) is 5.34. The molecular formula is C21H21N5O5S2. The molecule has 10 nitrogen and oxygen atoms in total. The third-order valence-electron chi connectivity index (χ3n) is 4.88. The van der Waals surface area contributed by atoms with Crippen molar-refractivity contribution >= 4 is 44.1 Å². The van der Waals surface area contributed by atoms with Gasteiger partial charge in [0.15, 0.2) is 0 Å². The summed E-state index contributed by atoms with van der Waals surface area (Å²) in [6.07, 6.45) is 1.54. The standard InChI is InChI=1S/C21H21N5O5S2/c1-14-6-8-22-21(23-14)25-19(28)17-7-13-32-20(17)24-18(27)15-2-4-16(5-3-15)33(29,30)26-9-11-31-12-10-26/h2-8,13H,9-12H2,1H3,(H,24,27)(H,22,23,25,28). The highest BCUT2D eigenvalue weighted by Gasteiger charge is 2.26. The molecule has 33 heavy (non-hydrogen) atoms. The van der Waals surface area contributed by atoms with Gasteiger partial charge in [0.2, 0.25) is 16.0 Å². The van der Waals surface area contributed by atoms with Crippen molar-refractivity contribution in [2.45, 2.75) is 11.8 Å². The molecule has 1 aromatic carbocycles. The number of hydrogen-bond donors (Lipinski definition) is 2. The fourth-order valence-electron chi connectivity index (χ4n) is 3.15. The number of nitrogens with zero attached hydrogens (tertiary/aromatic N) is 3. The highest BCUT2D eigenvalue weighted by molar-refractivity contribution is 7.89. The molecule has 0 saturated carbocycles. The number of thiophene rings is 1. The molecule has 0 bridgehead atoms. The number of rotatable bonds is 6. The van der Waals surface area contributed by atoms with Gasteiger partial charge in [0.25, 0.3) is 11.8 Å². The van der Waals surface area contributed by atoms with Gasteiger partial charge in [-0.15, -0.1) is 11.3 Å². The molecule has 3 aromatic rings. The Kier molecular flexibility index (Phi) is 6.79. The maximum absolute atomic E-state index is 12.7. The van der Waals surface area contributed by atoms with E-state index in [0.29, 0.717) is 37.0 Å². The number of carbonyl (C=O) groups excluding carboxylic acids is 2. The van der Waals surface area contributed by atoms with E-state index < -0.39 is 21.8 Å². The van der Waals surface area contributed by atoms with Crippen molar-refractivity contribution in [1.82, 2.24) is 14.3 Å². The molecule has 1 aliphatic rings. The molecule has 4 rings (SSSR count). The second kappa shape index (κ2) is 9.75. The van der Waals surface area contributed by atoms with E-state index in [0.717, 1.165) is 0 Å². The van der Waals surface area contributed by atoms with Gasteiger partial charge in [0.05, 0.1) is 23.7 Å². The number of benzene rings is 1. The van der Waals surface area contributed by atoms with Gasteiger partial charge in [-0.3, -0.25) is 14.9 Å². The number of carbonyl (C=O) groups is 2. The van der Waals surface area contributed by atoms with Crippen LogP contribution in [0.25, 0.3) is 0 Å². The van der Waals surface area contributed by atoms with Crippen LogP contribution in [0.15, 0.2) is 52.9 Å². The highest BCUT2D eigenvalue weighted by Crippen LogP contribution is 2.25. The molecule has 0 radical (unpaired) electrons. The van der Waals surface area contributed by atoms with Crippen molar-refractivity contribution in [1.29, 1.82) is 0 Å². The van der Waals surface area contributed by atoms with Crippen molar-refractivity contribution in [2.75, 3.05) is 36.9 Å². The summed E-state index contributed by atoms with van der Waals surface area (Å²) in [6.45, 7) is 3.08. The van der Waals surface area contributed by atoms with Gasteiger partial charge in [-0.05, 0) is 48.7 Å². The second-order valence-corrected chi connectivity index (χ2v) is 9.99.